The van der Waals surface area contributed by atoms with E-state index in [1.54, 1.807) is 18.2 Å². The maximum Gasteiger partial charge on any atom is 0.340 e. The molecule has 1 aliphatic carbocycles. The highest BCUT2D eigenvalue weighted by Crippen LogP contribution is 2.25. The summed E-state index contributed by atoms with van der Waals surface area (Å²) >= 11 is 0. The van der Waals surface area contributed by atoms with Crippen LogP contribution in [0.5, 0.6) is 0 Å². The van der Waals surface area contributed by atoms with E-state index in [-0.39, 0.29) is 18.2 Å². The molecule has 0 spiro atoms. The first-order valence-electron chi connectivity index (χ1n) is 8.53. The summed E-state index contributed by atoms with van der Waals surface area (Å²) in [6, 6.07) is 11.3. The molecule has 6 heteroatoms. The molecule has 2 aromatic heterocycles. The van der Waals surface area contributed by atoms with Gasteiger partial charge in [0.2, 0.25) is 5.78 Å². The molecular formula is C20H18N2O4. The van der Waals surface area contributed by atoms with Crippen LogP contribution in [-0.2, 0) is 4.74 Å². The van der Waals surface area contributed by atoms with E-state index in [1.165, 1.54) is 6.20 Å². The normalized spacial score (nSPS) is 13.6. The van der Waals surface area contributed by atoms with Crippen LogP contribution >= 0.6 is 0 Å². The second-order valence-electron chi connectivity index (χ2n) is 6.40. The van der Waals surface area contributed by atoms with Crippen LogP contribution in [0, 0.1) is 6.92 Å². The third kappa shape index (κ3) is 3.31. The quantitative estimate of drug-likeness (QED) is 0.539. The highest BCUT2D eigenvalue weighted by atomic mass is 16.5. The zero-order valence-electron chi connectivity index (χ0n) is 14.3. The van der Waals surface area contributed by atoms with Crippen molar-refractivity contribution in [3.63, 3.8) is 0 Å². The van der Waals surface area contributed by atoms with Gasteiger partial charge in [0, 0.05) is 23.2 Å². The molecule has 0 bridgehead atoms. The van der Waals surface area contributed by atoms with Crippen LogP contribution in [0.25, 0.3) is 11.0 Å². The van der Waals surface area contributed by atoms with Crippen molar-refractivity contribution >= 4 is 28.5 Å². The zero-order chi connectivity index (χ0) is 18.1. The highest BCUT2D eigenvalue weighted by molar-refractivity contribution is 6.02. The van der Waals surface area contributed by atoms with Gasteiger partial charge in [0.15, 0.2) is 12.4 Å². The number of ether oxygens (including phenoxy) is 1. The van der Waals surface area contributed by atoms with Crippen molar-refractivity contribution in [2.45, 2.75) is 25.8 Å². The van der Waals surface area contributed by atoms with Crippen LogP contribution in [0.2, 0.25) is 0 Å². The standard InChI is InChI=1S/C20H18N2O4/c1-12-15-4-2-3-5-17(15)26-19(12)16(23)11-25-20(24)13-6-9-18(21-10-13)22-14-7-8-14/h2-6,9-10,14H,7-8,11H2,1H3,(H,21,22). The summed E-state index contributed by atoms with van der Waals surface area (Å²) < 4.78 is 10.7. The molecule has 0 aliphatic heterocycles. The lowest BCUT2D eigenvalue weighted by Gasteiger charge is -2.05. The molecule has 1 fully saturated rings. The number of pyridine rings is 1. The molecule has 0 unspecified atom stereocenters. The minimum Gasteiger partial charge on any atom is -0.454 e. The second kappa shape index (κ2) is 6.63. The van der Waals surface area contributed by atoms with Gasteiger partial charge in [-0.1, -0.05) is 18.2 Å². The largest absolute Gasteiger partial charge is 0.454 e. The minimum atomic E-state index is -0.586. The summed E-state index contributed by atoms with van der Waals surface area (Å²) in [6.07, 6.45) is 3.74. The fraction of sp³-hybridized carbons (Fsp3) is 0.250. The Labute approximate surface area is 150 Å². The van der Waals surface area contributed by atoms with Crippen LogP contribution in [-0.4, -0.2) is 29.4 Å². The van der Waals surface area contributed by atoms with E-state index in [0.717, 1.165) is 29.6 Å². The molecule has 3 aromatic rings. The number of ketones is 1. The number of furan rings is 1. The fourth-order valence-corrected chi connectivity index (χ4v) is 2.76. The van der Waals surface area contributed by atoms with E-state index < -0.39 is 5.97 Å². The van der Waals surface area contributed by atoms with Gasteiger partial charge in [0.05, 0.1) is 5.56 Å². The third-order valence-electron chi connectivity index (χ3n) is 4.36. The minimum absolute atomic E-state index is 0.223. The van der Waals surface area contributed by atoms with Gasteiger partial charge in [-0.25, -0.2) is 9.78 Å². The Balaban J connectivity index is 1.40. The number of Topliss-reactive ketones (excluding diaryl/α,β-unsaturated/α-hetero) is 1. The van der Waals surface area contributed by atoms with Crippen LogP contribution in [0.15, 0.2) is 47.0 Å². The number of carbonyl (C=O) groups excluding carboxylic acids is 2. The first-order chi connectivity index (χ1) is 12.6. The Morgan fingerprint density at radius 2 is 2.04 bits per heavy atom. The number of esters is 1. The van der Waals surface area contributed by atoms with Gasteiger partial charge in [0.25, 0.3) is 0 Å². The van der Waals surface area contributed by atoms with E-state index in [2.05, 4.69) is 10.3 Å². The zero-order valence-corrected chi connectivity index (χ0v) is 14.3. The van der Waals surface area contributed by atoms with Crippen LogP contribution in [0.4, 0.5) is 5.82 Å². The van der Waals surface area contributed by atoms with Gasteiger partial charge in [-0.15, -0.1) is 0 Å². The summed E-state index contributed by atoms with van der Waals surface area (Å²) in [5, 5.41) is 4.12. The van der Waals surface area contributed by atoms with Crippen molar-refractivity contribution in [3.05, 3.63) is 59.5 Å². The molecule has 2 heterocycles. The van der Waals surface area contributed by atoms with E-state index in [4.69, 9.17) is 9.15 Å². The lowest BCUT2D eigenvalue weighted by atomic mass is 10.1. The fourth-order valence-electron chi connectivity index (χ4n) is 2.76. The maximum absolute atomic E-state index is 12.4. The predicted octanol–water partition coefficient (Wildman–Crippen LogP) is 3.75. The van der Waals surface area contributed by atoms with Gasteiger partial charge in [-0.05, 0) is 38.0 Å². The summed E-state index contributed by atoms with van der Waals surface area (Å²) in [4.78, 5) is 28.7. The van der Waals surface area contributed by atoms with E-state index in [9.17, 15) is 9.59 Å². The van der Waals surface area contributed by atoms with Gasteiger partial charge >= 0.3 is 5.97 Å². The van der Waals surface area contributed by atoms with Crippen LogP contribution in [0.1, 0.15) is 39.3 Å². The van der Waals surface area contributed by atoms with Crippen molar-refractivity contribution in [3.8, 4) is 0 Å². The van der Waals surface area contributed by atoms with E-state index in [0.29, 0.717) is 17.2 Å². The number of nitrogens with one attached hydrogen (secondary N) is 1. The third-order valence-corrected chi connectivity index (χ3v) is 4.36. The number of hydrogen-bond acceptors (Lipinski definition) is 6. The van der Waals surface area contributed by atoms with Gasteiger partial charge in [-0.2, -0.15) is 0 Å². The number of aromatic nitrogens is 1. The van der Waals surface area contributed by atoms with Gasteiger partial charge in [-0.3, -0.25) is 4.79 Å². The number of carbonyl (C=O) groups is 2. The van der Waals surface area contributed by atoms with Crippen molar-refractivity contribution in [1.82, 2.24) is 4.98 Å². The number of rotatable bonds is 6. The van der Waals surface area contributed by atoms with Crippen molar-refractivity contribution in [2.75, 3.05) is 11.9 Å². The molecule has 0 saturated heterocycles. The van der Waals surface area contributed by atoms with Gasteiger partial charge in [0.1, 0.15) is 11.4 Å². The van der Waals surface area contributed by atoms with Crippen LogP contribution < -0.4 is 5.32 Å². The first kappa shape index (κ1) is 16.3. The average Bonchev–Trinajstić information content (AvgIpc) is 3.42. The maximum atomic E-state index is 12.4. The lowest BCUT2D eigenvalue weighted by molar-refractivity contribution is 0.0467. The molecule has 132 valence electrons. The highest BCUT2D eigenvalue weighted by Gasteiger charge is 2.22. The smallest absolute Gasteiger partial charge is 0.340 e. The number of benzene rings is 1. The molecular weight excluding hydrogens is 332 g/mol. The molecule has 0 atom stereocenters. The van der Waals surface area contributed by atoms with Crippen molar-refractivity contribution in [1.29, 1.82) is 0 Å². The molecule has 1 aromatic carbocycles. The Morgan fingerprint density at radius 1 is 1.23 bits per heavy atom. The number of fused-ring (bicyclic) bond motifs is 1. The summed E-state index contributed by atoms with van der Waals surface area (Å²) in [6.45, 7) is 1.44. The Bertz CT molecular complexity index is 971. The molecule has 4 rings (SSSR count). The molecule has 26 heavy (non-hydrogen) atoms. The van der Waals surface area contributed by atoms with Gasteiger partial charge < -0.3 is 14.5 Å². The van der Waals surface area contributed by atoms with Crippen molar-refractivity contribution in [2.24, 2.45) is 0 Å². The number of aryl methyl sites for hydroxylation is 1. The average molecular weight is 350 g/mol. The number of para-hydroxylation sites is 1. The molecule has 1 saturated carbocycles. The summed E-state index contributed by atoms with van der Waals surface area (Å²) in [5.41, 5.74) is 1.70. The number of hydrogen-bond donors (Lipinski definition) is 1. The first-order valence-corrected chi connectivity index (χ1v) is 8.53. The SMILES string of the molecule is Cc1c(C(=O)COC(=O)c2ccc(NC3CC3)nc2)oc2ccccc12. The van der Waals surface area contributed by atoms with Crippen molar-refractivity contribution < 1.29 is 18.7 Å². The Hall–Kier alpha value is -3.15. The number of anilines is 1. The van der Waals surface area contributed by atoms with Crippen LogP contribution in [0.3, 0.4) is 0 Å². The monoisotopic (exact) mass is 350 g/mol. The summed E-state index contributed by atoms with van der Waals surface area (Å²) in [7, 11) is 0. The van der Waals surface area contributed by atoms with E-state index in [1.807, 2.05) is 25.1 Å². The van der Waals surface area contributed by atoms with E-state index >= 15 is 0 Å². The molecule has 0 radical (unpaired) electrons. The predicted molar refractivity (Wildman–Crippen MR) is 96.4 cm³/mol. The summed E-state index contributed by atoms with van der Waals surface area (Å²) in [5.74, 6) is 0.00347. The topological polar surface area (TPSA) is 81.4 Å². The molecule has 6 nitrogen and oxygen atoms in total. The molecule has 0 amide bonds. The Kier molecular flexibility index (Phi) is 4.16. The molecule has 1 aliphatic rings. The Morgan fingerprint density at radius 3 is 2.73 bits per heavy atom. The second-order valence-corrected chi connectivity index (χ2v) is 6.40. The number of nitrogens with zero attached hydrogens (tertiary/aromatic N) is 1. The molecule has 1 N–H and O–H groups in total. The lowest BCUT2D eigenvalue weighted by Crippen LogP contribution is -2.15.